The molecule has 1 aromatic carbocycles. The maximum absolute atomic E-state index is 13.4. The third-order valence-electron chi connectivity index (χ3n) is 4.89. The van der Waals surface area contributed by atoms with Crippen LogP contribution < -0.4 is 10.0 Å². The highest BCUT2D eigenvalue weighted by Crippen LogP contribution is 2.28. The summed E-state index contributed by atoms with van der Waals surface area (Å²) in [5.41, 5.74) is 1.23. The van der Waals surface area contributed by atoms with Crippen LogP contribution in [0.3, 0.4) is 0 Å². The third-order valence-corrected chi connectivity index (χ3v) is 6.56. The zero-order valence-corrected chi connectivity index (χ0v) is 15.5. The first kappa shape index (κ1) is 19.2. The molecule has 1 saturated carbocycles. The van der Waals surface area contributed by atoms with Crippen LogP contribution in [0.1, 0.15) is 24.8 Å². The number of anilines is 1. The molecule has 1 aromatic rings. The molecule has 1 heterocycles. The van der Waals surface area contributed by atoms with E-state index in [9.17, 15) is 17.6 Å². The smallest absolute Gasteiger partial charge is 0.279 e. The van der Waals surface area contributed by atoms with Crippen LogP contribution in [0.5, 0.6) is 0 Å². The molecule has 0 bridgehead atoms. The molecule has 2 aliphatic rings. The van der Waals surface area contributed by atoms with E-state index in [0.29, 0.717) is 51.3 Å². The Hall–Kier alpha value is -1.55. The summed E-state index contributed by atoms with van der Waals surface area (Å²) in [5, 5.41) is 2.76. The Bertz CT molecular complexity index is 765. The number of carbonyl (C=O) groups excluding carboxylic acids is 1. The summed E-state index contributed by atoms with van der Waals surface area (Å²) < 4.78 is 47.4. The molecule has 144 valence electrons. The fourth-order valence-electron chi connectivity index (χ4n) is 3.36. The zero-order valence-electron chi connectivity index (χ0n) is 14.7. The third kappa shape index (κ3) is 4.59. The largest absolute Gasteiger partial charge is 0.379 e. The average molecular weight is 385 g/mol. The minimum atomic E-state index is -3.57. The minimum absolute atomic E-state index is 0.202. The molecule has 2 N–H and O–H groups in total. The fourth-order valence-corrected chi connectivity index (χ4v) is 4.78. The molecule has 9 heteroatoms. The van der Waals surface area contributed by atoms with Gasteiger partial charge >= 0.3 is 0 Å². The van der Waals surface area contributed by atoms with E-state index in [1.807, 2.05) is 0 Å². The number of ether oxygens (including phenoxy) is 1. The van der Waals surface area contributed by atoms with Crippen molar-refractivity contribution in [1.82, 2.24) is 9.03 Å². The van der Waals surface area contributed by atoms with Crippen molar-refractivity contribution >= 4 is 21.8 Å². The Labute approximate surface area is 153 Å². The van der Waals surface area contributed by atoms with Gasteiger partial charge in [-0.1, -0.05) is 6.07 Å². The summed E-state index contributed by atoms with van der Waals surface area (Å²) in [6.07, 6.45) is 1.63. The number of nitrogens with zero attached hydrogens (tertiary/aromatic N) is 1. The number of hydrogen-bond donors (Lipinski definition) is 2. The number of halogens is 1. The zero-order chi connectivity index (χ0) is 18.7. The molecule has 0 spiro atoms. The first-order chi connectivity index (χ1) is 12.3. The maximum Gasteiger partial charge on any atom is 0.279 e. The molecule has 0 radical (unpaired) electrons. The fraction of sp³-hybridized carbons (Fsp3) is 0.588. The predicted molar refractivity (Wildman–Crippen MR) is 95.3 cm³/mol. The summed E-state index contributed by atoms with van der Waals surface area (Å²) >= 11 is 0. The predicted octanol–water partition coefficient (Wildman–Crippen LogP) is 1.41. The minimum Gasteiger partial charge on any atom is -0.379 e. The summed E-state index contributed by atoms with van der Waals surface area (Å²) in [7, 11) is -3.57. The number of nitrogens with one attached hydrogen (secondary N) is 2. The molecule has 0 unspecified atom stereocenters. The van der Waals surface area contributed by atoms with Crippen molar-refractivity contribution in [2.24, 2.45) is 5.92 Å². The molecule has 1 amide bonds. The van der Waals surface area contributed by atoms with Crippen molar-refractivity contribution in [2.45, 2.75) is 32.2 Å². The van der Waals surface area contributed by atoms with Gasteiger partial charge in [-0.05, 0) is 43.9 Å². The lowest BCUT2D eigenvalue weighted by Gasteiger charge is -2.27. The van der Waals surface area contributed by atoms with Gasteiger partial charge in [0.2, 0.25) is 5.91 Å². The summed E-state index contributed by atoms with van der Waals surface area (Å²) in [6, 6.07) is 3.98. The monoisotopic (exact) mass is 385 g/mol. The highest BCUT2D eigenvalue weighted by Gasteiger charge is 2.34. The van der Waals surface area contributed by atoms with Crippen LogP contribution >= 0.6 is 0 Å². The van der Waals surface area contributed by atoms with Crippen LogP contribution in [0.25, 0.3) is 0 Å². The van der Waals surface area contributed by atoms with E-state index in [0.717, 1.165) is 5.56 Å². The summed E-state index contributed by atoms with van der Waals surface area (Å²) in [6.45, 7) is 3.26. The molecule has 1 aliphatic heterocycles. The molecule has 0 aromatic heterocycles. The van der Waals surface area contributed by atoms with Crippen LogP contribution in [0.4, 0.5) is 10.1 Å². The number of benzene rings is 1. The van der Waals surface area contributed by atoms with E-state index in [1.165, 1.54) is 16.4 Å². The second-order valence-corrected chi connectivity index (χ2v) is 8.49. The van der Waals surface area contributed by atoms with E-state index in [2.05, 4.69) is 10.0 Å². The molecule has 1 aliphatic carbocycles. The lowest BCUT2D eigenvalue weighted by atomic mass is 10.1. The first-order valence-electron chi connectivity index (χ1n) is 8.77. The Morgan fingerprint density at radius 3 is 2.73 bits per heavy atom. The van der Waals surface area contributed by atoms with Crippen LogP contribution in [0.2, 0.25) is 0 Å². The van der Waals surface area contributed by atoms with E-state index >= 15 is 0 Å². The maximum atomic E-state index is 13.4. The normalized spacial score (nSPS) is 24.5. The van der Waals surface area contributed by atoms with Crippen molar-refractivity contribution in [1.29, 1.82) is 0 Å². The van der Waals surface area contributed by atoms with Gasteiger partial charge in [-0.15, -0.1) is 0 Å². The van der Waals surface area contributed by atoms with Gasteiger partial charge in [0.1, 0.15) is 5.82 Å². The molecular weight excluding hydrogens is 361 g/mol. The number of rotatable bonds is 5. The van der Waals surface area contributed by atoms with Crippen LogP contribution in [-0.4, -0.2) is 51.0 Å². The SMILES string of the molecule is Cc1ccc(F)cc1NC(=O)[C@H]1CC[C@@H](NS(=O)(=O)N2CCOCC2)C1. The Balaban J connectivity index is 1.56. The highest BCUT2D eigenvalue weighted by atomic mass is 32.2. The van der Waals surface area contributed by atoms with Crippen molar-refractivity contribution in [2.75, 3.05) is 31.6 Å². The van der Waals surface area contributed by atoms with Crippen molar-refractivity contribution < 1.29 is 22.3 Å². The Morgan fingerprint density at radius 2 is 2.00 bits per heavy atom. The quantitative estimate of drug-likeness (QED) is 0.802. The Morgan fingerprint density at radius 1 is 1.27 bits per heavy atom. The summed E-state index contributed by atoms with van der Waals surface area (Å²) in [5.74, 6) is -0.907. The lowest BCUT2D eigenvalue weighted by molar-refractivity contribution is -0.119. The van der Waals surface area contributed by atoms with Gasteiger partial charge in [0.15, 0.2) is 0 Å². The van der Waals surface area contributed by atoms with Gasteiger partial charge < -0.3 is 10.1 Å². The number of morpholine rings is 1. The summed E-state index contributed by atoms with van der Waals surface area (Å²) in [4.78, 5) is 12.5. The van der Waals surface area contributed by atoms with Crippen LogP contribution in [0.15, 0.2) is 18.2 Å². The van der Waals surface area contributed by atoms with E-state index in [1.54, 1.807) is 13.0 Å². The molecule has 2 atom stereocenters. The molecule has 1 saturated heterocycles. The second kappa shape index (κ2) is 7.99. The second-order valence-electron chi connectivity index (χ2n) is 6.79. The van der Waals surface area contributed by atoms with Crippen LogP contribution in [-0.2, 0) is 19.7 Å². The topological polar surface area (TPSA) is 87.7 Å². The van der Waals surface area contributed by atoms with Crippen molar-refractivity contribution in [3.63, 3.8) is 0 Å². The number of hydrogen-bond acceptors (Lipinski definition) is 4. The van der Waals surface area contributed by atoms with Gasteiger partial charge in [0.05, 0.1) is 13.2 Å². The average Bonchev–Trinajstić information content (AvgIpc) is 3.07. The van der Waals surface area contributed by atoms with E-state index < -0.39 is 16.0 Å². The number of carbonyl (C=O) groups is 1. The Kier molecular flexibility index (Phi) is 5.91. The highest BCUT2D eigenvalue weighted by molar-refractivity contribution is 7.87. The number of aryl methyl sites for hydroxylation is 1. The standard InChI is InChI=1S/C17H24FN3O4S/c1-12-2-4-14(18)11-16(12)19-17(22)13-3-5-15(10-13)20-26(23,24)21-6-8-25-9-7-21/h2,4,11,13,15,20H,3,5-10H2,1H3,(H,19,22)/t13-,15+/m0/s1. The van der Waals surface area contributed by atoms with Crippen molar-refractivity contribution in [3.8, 4) is 0 Å². The van der Waals surface area contributed by atoms with E-state index in [4.69, 9.17) is 4.74 Å². The van der Waals surface area contributed by atoms with Gasteiger partial charge in [-0.25, -0.2) is 4.39 Å². The van der Waals surface area contributed by atoms with Gasteiger partial charge in [0, 0.05) is 30.7 Å². The molecule has 2 fully saturated rings. The lowest BCUT2D eigenvalue weighted by Crippen LogP contribution is -2.49. The first-order valence-corrected chi connectivity index (χ1v) is 10.2. The molecule has 7 nitrogen and oxygen atoms in total. The molecule has 26 heavy (non-hydrogen) atoms. The van der Waals surface area contributed by atoms with Crippen molar-refractivity contribution in [3.05, 3.63) is 29.6 Å². The van der Waals surface area contributed by atoms with Gasteiger partial charge in [-0.2, -0.15) is 17.4 Å². The van der Waals surface area contributed by atoms with Crippen LogP contribution in [0, 0.1) is 18.7 Å². The van der Waals surface area contributed by atoms with Gasteiger partial charge in [0.25, 0.3) is 10.2 Å². The molecule has 3 rings (SSSR count). The van der Waals surface area contributed by atoms with E-state index in [-0.39, 0.29) is 17.9 Å². The van der Waals surface area contributed by atoms with Gasteiger partial charge in [-0.3, -0.25) is 4.79 Å². The molecular formula is C17H24FN3O4S. The number of amides is 1.